The van der Waals surface area contributed by atoms with Gasteiger partial charge in [-0.2, -0.15) is 0 Å². The van der Waals surface area contributed by atoms with Crippen molar-refractivity contribution < 1.29 is 4.74 Å². The molecule has 0 aliphatic heterocycles. The molecular weight excluding hydrogens is 138 g/mol. The van der Waals surface area contributed by atoms with Crippen LogP contribution in [0, 0.1) is 5.92 Å². The average molecular weight is 153 g/mol. The molecule has 62 valence electrons. The van der Waals surface area contributed by atoms with E-state index in [0.29, 0.717) is 18.1 Å². The Morgan fingerprint density at radius 3 is 2.55 bits per heavy atom. The second-order valence-electron chi connectivity index (χ2n) is 2.82. The van der Waals surface area contributed by atoms with Crippen molar-refractivity contribution in [3.05, 3.63) is 24.8 Å². The first-order chi connectivity index (χ1) is 5.26. The molecule has 0 bridgehead atoms. The Kier molecular flexibility index (Phi) is 2.47. The molecule has 1 fully saturated rings. The molecule has 0 aromatic rings. The molecule has 1 aliphatic carbocycles. The minimum absolute atomic E-state index is 0.297. The molecule has 0 radical (unpaired) electrons. The van der Waals surface area contributed by atoms with Crippen LogP contribution in [0.15, 0.2) is 24.8 Å². The van der Waals surface area contributed by atoms with Crippen molar-refractivity contribution in [2.75, 3.05) is 14.2 Å². The molecular formula is C9H15NO. The predicted octanol–water partition coefficient (Wildman–Crippen LogP) is 0.961. The summed E-state index contributed by atoms with van der Waals surface area (Å²) in [6, 6.07) is 0.436. The van der Waals surface area contributed by atoms with Crippen molar-refractivity contribution in [2.45, 2.75) is 12.1 Å². The Morgan fingerprint density at radius 2 is 2.27 bits per heavy atom. The van der Waals surface area contributed by atoms with Crippen molar-refractivity contribution in [1.82, 2.24) is 5.32 Å². The highest BCUT2D eigenvalue weighted by atomic mass is 16.5. The zero-order valence-electron chi connectivity index (χ0n) is 7.13. The summed E-state index contributed by atoms with van der Waals surface area (Å²) in [7, 11) is 3.67. The van der Waals surface area contributed by atoms with Gasteiger partial charge in [-0.05, 0) is 12.6 Å². The third-order valence-corrected chi connectivity index (χ3v) is 2.25. The predicted molar refractivity (Wildman–Crippen MR) is 46.5 cm³/mol. The van der Waals surface area contributed by atoms with Crippen LogP contribution in [0.4, 0.5) is 0 Å². The standard InChI is InChI=1S/C9H15NO/c1-5-6(2)7-8(10-3)9(7)11-4/h5,7-10H,1-2H2,3-4H3. The molecule has 0 spiro atoms. The fourth-order valence-electron chi connectivity index (χ4n) is 1.50. The SMILES string of the molecule is C=CC(=C)C1C(NC)C1OC. The van der Waals surface area contributed by atoms with E-state index in [2.05, 4.69) is 18.5 Å². The topological polar surface area (TPSA) is 21.3 Å². The Balaban J connectivity index is 2.50. The van der Waals surface area contributed by atoms with Gasteiger partial charge < -0.3 is 10.1 Å². The van der Waals surface area contributed by atoms with E-state index in [1.165, 1.54) is 0 Å². The number of nitrogens with one attached hydrogen (secondary N) is 1. The van der Waals surface area contributed by atoms with E-state index in [1.807, 2.05) is 7.05 Å². The lowest BCUT2D eigenvalue weighted by molar-refractivity contribution is 0.168. The lowest BCUT2D eigenvalue weighted by Crippen LogP contribution is -2.14. The van der Waals surface area contributed by atoms with Gasteiger partial charge >= 0.3 is 0 Å². The summed E-state index contributed by atoms with van der Waals surface area (Å²) in [5, 5.41) is 3.17. The highest BCUT2D eigenvalue weighted by Crippen LogP contribution is 2.39. The van der Waals surface area contributed by atoms with Crippen LogP contribution in [-0.2, 0) is 4.74 Å². The van der Waals surface area contributed by atoms with Gasteiger partial charge in [0.05, 0.1) is 6.10 Å². The summed E-state index contributed by atoms with van der Waals surface area (Å²) in [5.41, 5.74) is 1.07. The molecule has 0 aromatic carbocycles. The summed E-state index contributed by atoms with van der Waals surface area (Å²) in [5.74, 6) is 0.433. The van der Waals surface area contributed by atoms with Crippen LogP contribution in [0.1, 0.15) is 0 Å². The van der Waals surface area contributed by atoms with Crippen LogP contribution in [0.2, 0.25) is 0 Å². The Labute approximate surface area is 67.9 Å². The van der Waals surface area contributed by atoms with Gasteiger partial charge in [0, 0.05) is 19.1 Å². The molecule has 0 amide bonds. The molecule has 1 N–H and O–H groups in total. The van der Waals surface area contributed by atoms with Crippen LogP contribution >= 0.6 is 0 Å². The van der Waals surface area contributed by atoms with Crippen molar-refractivity contribution in [3.8, 4) is 0 Å². The van der Waals surface area contributed by atoms with Gasteiger partial charge in [0.2, 0.25) is 0 Å². The van der Waals surface area contributed by atoms with Crippen molar-refractivity contribution in [1.29, 1.82) is 0 Å². The Bertz CT molecular complexity index is 166. The van der Waals surface area contributed by atoms with Gasteiger partial charge in [0.25, 0.3) is 0 Å². The van der Waals surface area contributed by atoms with Crippen molar-refractivity contribution in [2.24, 2.45) is 5.92 Å². The summed E-state index contributed by atoms with van der Waals surface area (Å²) in [6.07, 6.45) is 2.10. The fourth-order valence-corrected chi connectivity index (χ4v) is 1.50. The van der Waals surface area contributed by atoms with E-state index < -0.39 is 0 Å². The second kappa shape index (κ2) is 3.20. The second-order valence-corrected chi connectivity index (χ2v) is 2.82. The molecule has 1 rings (SSSR count). The van der Waals surface area contributed by atoms with E-state index in [9.17, 15) is 0 Å². The molecule has 11 heavy (non-hydrogen) atoms. The van der Waals surface area contributed by atoms with Crippen LogP contribution < -0.4 is 5.32 Å². The van der Waals surface area contributed by atoms with Gasteiger partial charge in [-0.25, -0.2) is 0 Å². The third kappa shape index (κ3) is 1.37. The number of likely N-dealkylation sites (N-methyl/N-ethyl adjacent to an activating group) is 1. The summed E-state index contributed by atoms with van der Waals surface area (Å²) >= 11 is 0. The van der Waals surface area contributed by atoms with Gasteiger partial charge in [-0.1, -0.05) is 19.2 Å². The van der Waals surface area contributed by atoms with E-state index in [-0.39, 0.29) is 0 Å². The smallest absolute Gasteiger partial charge is 0.0815 e. The van der Waals surface area contributed by atoms with E-state index >= 15 is 0 Å². The average Bonchev–Trinajstić information content (AvgIpc) is 2.76. The number of methoxy groups -OCH3 is 1. The summed E-state index contributed by atoms with van der Waals surface area (Å²) in [6.45, 7) is 7.57. The number of hydrogen-bond donors (Lipinski definition) is 1. The number of allylic oxidation sites excluding steroid dienone is 1. The van der Waals surface area contributed by atoms with E-state index in [1.54, 1.807) is 13.2 Å². The Hall–Kier alpha value is -0.600. The first-order valence-corrected chi connectivity index (χ1v) is 3.77. The maximum atomic E-state index is 5.23. The lowest BCUT2D eigenvalue weighted by Gasteiger charge is -1.94. The third-order valence-electron chi connectivity index (χ3n) is 2.25. The first-order valence-electron chi connectivity index (χ1n) is 3.77. The highest BCUT2D eigenvalue weighted by Gasteiger charge is 2.50. The number of rotatable bonds is 4. The largest absolute Gasteiger partial charge is 0.379 e. The summed E-state index contributed by atoms with van der Waals surface area (Å²) < 4.78 is 5.23. The molecule has 1 saturated carbocycles. The maximum Gasteiger partial charge on any atom is 0.0815 e. The van der Waals surface area contributed by atoms with Gasteiger partial charge in [-0.3, -0.25) is 0 Å². The molecule has 0 heterocycles. The van der Waals surface area contributed by atoms with Crippen LogP contribution in [0.25, 0.3) is 0 Å². The van der Waals surface area contributed by atoms with Crippen LogP contribution in [-0.4, -0.2) is 26.3 Å². The van der Waals surface area contributed by atoms with E-state index in [0.717, 1.165) is 5.57 Å². The van der Waals surface area contributed by atoms with Crippen molar-refractivity contribution >= 4 is 0 Å². The van der Waals surface area contributed by atoms with Gasteiger partial charge in [0.1, 0.15) is 0 Å². The maximum absolute atomic E-state index is 5.23. The highest BCUT2D eigenvalue weighted by molar-refractivity contribution is 5.29. The van der Waals surface area contributed by atoms with Gasteiger partial charge in [0.15, 0.2) is 0 Å². The normalized spacial score (nSPS) is 34.9. The molecule has 3 unspecified atom stereocenters. The van der Waals surface area contributed by atoms with Crippen LogP contribution in [0.3, 0.4) is 0 Å². The Morgan fingerprint density at radius 1 is 1.64 bits per heavy atom. The quantitative estimate of drug-likeness (QED) is 0.607. The van der Waals surface area contributed by atoms with Gasteiger partial charge in [-0.15, -0.1) is 0 Å². The number of ether oxygens (including phenoxy) is 1. The monoisotopic (exact) mass is 153 g/mol. The molecule has 1 aliphatic rings. The zero-order chi connectivity index (χ0) is 8.43. The minimum Gasteiger partial charge on any atom is -0.379 e. The zero-order valence-corrected chi connectivity index (χ0v) is 7.13. The summed E-state index contributed by atoms with van der Waals surface area (Å²) in [4.78, 5) is 0. The molecule has 2 nitrogen and oxygen atoms in total. The fraction of sp³-hybridized carbons (Fsp3) is 0.556. The van der Waals surface area contributed by atoms with Crippen LogP contribution in [0.5, 0.6) is 0 Å². The lowest BCUT2D eigenvalue weighted by atomic mass is 10.2. The molecule has 3 atom stereocenters. The molecule has 0 saturated heterocycles. The van der Waals surface area contributed by atoms with Crippen molar-refractivity contribution in [3.63, 3.8) is 0 Å². The first kappa shape index (κ1) is 8.50. The number of hydrogen-bond acceptors (Lipinski definition) is 2. The molecule has 2 heteroatoms. The molecule has 0 aromatic heterocycles. The van der Waals surface area contributed by atoms with E-state index in [4.69, 9.17) is 4.74 Å². The minimum atomic E-state index is 0.297.